The molecule has 0 aromatic heterocycles. The van der Waals surface area contributed by atoms with Crippen molar-refractivity contribution in [1.82, 2.24) is 10.2 Å². The van der Waals surface area contributed by atoms with Crippen LogP contribution in [0.15, 0.2) is 4.99 Å². The molecule has 5 nitrogen and oxygen atoms in total. The topological polar surface area (TPSA) is 70.7 Å². The van der Waals surface area contributed by atoms with Crippen molar-refractivity contribution in [3.8, 4) is 0 Å². The second-order valence-electron chi connectivity index (χ2n) is 5.99. The molecule has 5 heteroatoms. The first kappa shape index (κ1) is 15.1. The third kappa shape index (κ3) is 5.02. The van der Waals surface area contributed by atoms with Crippen LogP contribution in [0.1, 0.15) is 51.4 Å². The average molecular weight is 280 g/mol. The second-order valence-corrected chi connectivity index (χ2v) is 5.99. The van der Waals surface area contributed by atoms with Gasteiger partial charge < -0.3 is 16.0 Å². The highest BCUT2D eigenvalue weighted by molar-refractivity contribution is 5.78. The van der Waals surface area contributed by atoms with Crippen molar-refractivity contribution in [1.29, 1.82) is 0 Å². The number of carbonyl (C=O) groups is 1. The van der Waals surface area contributed by atoms with E-state index in [2.05, 4.69) is 10.3 Å². The van der Waals surface area contributed by atoms with E-state index in [0.717, 1.165) is 57.8 Å². The number of hydrogen-bond acceptors (Lipinski definition) is 2. The van der Waals surface area contributed by atoms with Crippen LogP contribution in [0.25, 0.3) is 0 Å². The zero-order chi connectivity index (χ0) is 14.2. The summed E-state index contributed by atoms with van der Waals surface area (Å²) in [5, 5.41) is 3.15. The van der Waals surface area contributed by atoms with Crippen molar-refractivity contribution in [2.45, 2.75) is 51.4 Å². The van der Waals surface area contributed by atoms with Gasteiger partial charge >= 0.3 is 0 Å². The number of nitrogens with two attached hydrogens (primary N) is 1. The molecule has 0 radical (unpaired) electrons. The van der Waals surface area contributed by atoms with Crippen molar-refractivity contribution in [3.05, 3.63) is 0 Å². The van der Waals surface area contributed by atoms with E-state index in [-0.39, 0.29) is 0 Å². The first-order valence-electron chi connectivity index (χ1n) is 8.07. The van der Waals surface area contributed by atoms with Crippen molar-refractivity contribution in [2.75, 3.05) is 26.2 Å². The molecule has 2 aliphatic rings. The van der Waals surface area contributed by atoms with Gasteiger partial charge in [-0.2, -0.15) is 0 Å². The highest BCUT2D eigenvalue weighted by atomic mass is 16.2. The van der Waals surface area contributed by atoms with Gasteiger partial charge in [0.25, 0.3) is 0 Å². The zero-order valence-corrected chi connectivity index (χ0v) is 12.4. The lowest BCUT2D eigenvalue weighted by molar-refractivity contribution is -0.130. The Morgan fingerprint density at radius 2 is 2.15 bits per heavy atom. The molecule has 2 fully saturated rings. The fraction of sp³-hybridized carbons (Fsp3) is 0.867. The van der Waals surface area contributed by atoms with Gasteiger partial charge in [-0.3, -0.25) is 9.79 Å². The fourth-order valence-electron chi connectivity index (χ4n) is 2.72. The highest BCUT2D eigenvalue weighted by Crippen LogP contribution is 2.26. The molecular formula is C15H28N4O. The Morgan fingerprint density at radius 3 is 2.90 bits per heavy atom. The Morgan fingerprint density at radius 1 is 1.30 bits per heavy atom. The predicted octanol–water partition coefficient (Wildman–Crippen LogP) is 1.48. The molecule has 0 bridgehead atoms. The van der Waals surface area contributed by atoms with Crippen LogP contribution in [0.4, 0.5) is 0 Å². The molecule has 0 unspecified atom stereocenters. The highest BCUT2D eigenvalue weighted by Gasteiger charge is 2.17. The third-order valence-electron chi connectivity index (χ3n) is 4.33. The summed E-state index contributed by atoms with van der Waals surface area (Å²) < 4.78 is 0. The van der Waals surface area contributed by atoms with Crippen LogP contribution in [-0.4, -0.2) is 42.9 Å². The molecule has 0 spiro atoms. The molecule has 1 saturated carbocycles. The maximum Gasteiger partial charge on any atom is 0.222 e. The van der Waals surface area contributed by atoms with E-state index in [4.69, 9.17) is 5.73 Å². The maximum absolute atomic E-state index is 11.8. The standard InChI is InChI=1S/C15H28N4O/c16-15(18-12-13-6-4-7-13)17-9-5-11-19-10-3-1-2-8-14(19)20/h13H,1-12H2,(H3,16,17,18). The van der Waals surface area contributed by atoms with E-state index in [1.807, 2.05) is 4.90 Å². The predicted molar refractivity (Wildman–Crippen MR) is 81.5 cm³/mol. The Labute approximate surface area is 122 Å². The molecular weight excluding hydrogens is 252 g/mol. The molecule has 0 aromatic carbocycles. The van der Waals surface area contributed by atoms with Crippen molar-refractivity contribution < 1.29 is 4.79 Å². The third-order valence-corrected chi connectivity index (χ3v) is 4.33. The lowest BCUT2D eigenvalue weighted by Crippen LogP contribution is -2.36. The van der Waals surface area contributed by atoms with Gasteiger partial charge in [0.2, 0.25) is 5.91 Å². The smallest absolute Gasteiger partial charge is 0.222 e. The minimum Gasteiger partial charge on any atom is -0.370 e. The number of likely N-dealkylation sites (tertiary alicyclic amines) is 1. The minimum absolute atomic E-state index is 0.314. The lowest BCUT2D eigenvalue weighted by Gasteiger charge is -2.23. The van der Waals surface area contributed by atoms with Gasteiger partial charge in [-0.25, -0.2) is 0 Å². The number of guanidine groups is 1. The summed E-state index contributed by atoms with van der Waals surface area (Å²) >= 11 is 0. The van der Waals surface area contributed by atoms with Crippen molar-refractivity contribution in [2.24, 2.45) is 16.6 Å². The molecule has 1 amide bonds. The quantitative estimate of drug-likeness (QED) is 0.440. The van der Waals surface area contributed by atoms with E-state index in [1.165, 1.54) is 25.7 Å². The zero-order valence-electron chi connectivity index (χ0n) is 12.4. The minimum atomic E-state index is 0.314. The number of carbonyl (C=O) groups excluding carboxylic acids is 1. The Hall–Kier alpha value is -1.26. The Bertz CT molecular complexity index is 339. The Balaban J connectivity index is 1.56. The van der Waals surface area contributed by atoms with Gasteiger partial charge in [-0.15, -0.1) is 0 Å². The monoisotopic (exact) mass is 280 g/mol. The van der Waals surface area contributed by atoms with Crippen LogP contribution in [0.5, 0.6) is 0 Å². The molecule has 0 aromatic rings. The van der Waals surface area contributed by atoms with Gasteiger partial charge in [-0.1, -0.05) is 12.8 Å². The summed E-state index contributed by atoms with van der Waals surface area (Å²) in [5.74, 6) is 1.62. The molecule has 1 aliphatic heterocycles. The number of rotatable bonds is 6. The van der Waals surface area contributed by atoms with Crippen molar-refractivity contribution in [3.63, 3.8) is 0 Å². The summed E-state index contributed by atoms with van der Waals surface area (Å²) in [6.45, 7) is 3.42. The molecule has 0 atom stereocenters. The van der Waals surface area contributed by atoms with E-state index >= 15 is 0 Å². The van der Waals surface area contributed by atoms with Gasteiger partial charge in [0.1, 0.15) is 0 Å². The van der Waals surface area contributed by atoms with Gasteiger partial charge in [0.15, 0.2) is 5.96 Å². The van der Waals surface area contributed by atoms with Gasteiger partial charge in [0.05, 0.1) is 0 Å². The van der Waals surface area contributed by atoms with Crippen LogP contribution < -0.4 is 11.1 Å². The largest absolute Gasteiger partial charge is 0.370 e. The van der Waals surface area contributed by atoms with E-state index in [1.54, 1.807) is 0 Å². The van der Waals surface area contributed by atoms with Crippen LogP contribution in [0.2, 0.25) is 0 Å². The first-order valence-corrected chi connectivity index (χ1v) is 8.07. The fourth-order valence-corrected chi connectivity index (χ4v) is 2.72. The summed E-state index contributed by atoms with van der Waals surface area (Å²) in [7, 11) is 0. The Kier molecular flexibility index (Phi) is 6.15. The van der Waals surface area contributed by atoms with E-state index in [9.17, 15) is 4.79 Å². The summed E-state index contributed by atoms with van der Waals surface area (Å²) in [4.78, 5) is 18.2. The molecule has 3 N–H and O–H groups in total. The van der Waals surface area contributed by atoms with Crippen LogP contribution in [-0.2, 0) is 4.79 Å². The van der Waals surface area contributed by atoms with Gasteiger partial charge in [0, 0.05) is 32.6 Å². The number of nitrogens with one attached hydrogen (secondary N) is 1. The second kappa shape index (κ2) is 8.12. The van der Waals surface area contributed by atoms with E-state index in [0.29, 0.717) is 11.9 Å². The molecule has 1 heterocycles. The van der Waals surface area contributed by atoms with Crippen LogP contribution in [0.3, 0.4) is 0 Å². The normalized spacial score (nSPS) is 21.5. The average Bonchev–Trinajstić information content (AvgIpc) is 2.58. The molecule has 20 heavy (non-hydrogen) atoms. The molecule has 1 aliphatic carbocycles. The maximum atomic E-state index is 11.8. The molecule has 2 rings (SSSR count). The van der Waals surface area contributed by atoms with Crippen LogP contribution in [0, 0.1) is 5.92 Å². The molecule has 114 valence electrons. The van der Waals surface area contributed by atoms with E-state index < -0.39 is 0 Å². The SMILES string of the molecule is NC(=NCC1CCC1)NCCCN1CCCCCC1=O. The summed E-state index contributed by atoms with van der Waals surface area (Å²) in [5.41, 5.74) is 5.83. The first-order chi connectivity index (χ1) is 9.75. The lowest BCUT2D eigenvalue weighted by atomic mass is 9.86. The van der Waals surface area contributed by atoms with Gasteiger partial charge in [-0.05, 0) is 38.0 Å². The summed E-state index contributed by atoms with van der Waals surface area (Å²) in [6.07, 6.45) is 8.97. The number of amides is 1. The summed E-state index contributed by atoms with van der Waals surface area (Å²) in [6, 6.07) is 0. The van der Waals surface area contributed by atoms with Crippen molar-refractivity contribution >= 4 is 11.9 Å². The number of hydrogen-bond donors (Lipinski definition) is 2. The number of aliphatic imine (C=N–C) groups is 1. The molecule has 1 saturated heterocycles. The number of nitrogens with zero attached hydrogens (tertiary/aromatic N) is 2. The van der Waals surface area contributed by atoms with Crippen LogP contribution >= 0.6 is 0 Å².